The van der Waals surface area contributed by atoms with E-state index < -0.39 is 31.8 Å². The number of pyridine rings is 1. The Balaban J connectivity index is 1.96. The van der Waals surface area contributed by atoms with Gasteiger partial charge in [-0.05, 0) is 53.8 Å². The molecule has 0 unspecified atom stereocenters. The Hall–Kier alpha value is -3.08. The van der Waals surface area contributed by atoms with Crippen LogP contribution in [-0.4, -0.2) is 33.2 Å². The summed E-state index contributed by atoms with van der Waals surface area (Å²) in [6.07, 6.45) is 5.28. The van der Waals surface area contributed by atoms with Gasteiger partial charge in [-0.25, -0.2) is 17.8 Å². The molecule has 0 saturated heterocycles. The average Bonchev–Trinajstić information content (AvgIpc) is 2.95. The third kappa shape index (κ3) is 4.50. The smallest absolute Gasteiger partial charge is 0.493 e. The van der Waals surface area contributed by atoms with Gasteiger partial charge in [0.15, 0.2) is 0 Å². The second-order valence-corrected chi connectivity index (χ2v) is 9.36. The molecular formula is C20H20F3N3O4S. The Labute approximate surface area is 176 Å². The molecular weight excluding hydrogens is 435 g/mol. The standard InChI is InChI=1S/C20H20F3N3O4S/c1-13(2)9-15-10-24-8-7-14(15)11-25-12-18(27)26(19(25)28)16-3-5-17(6-4-16)31(29,30)20(21,22)23/h3-8,10,12-13,27H,9,11H2,1-2H3. The van der Waals surface area contributed by atoms with E-state index in [2.05, 4.69) is 4.98 Å². The van der Waals surface area contributed by atoms with Crippen LogP contribution < -0.4 is 5.69 Å². The summed E-state index contributed by atoms with van der Waals surface area (Å²) in [4.78, 5) is 16.0. The Bertz CT molecular complexity index is 1240. The maximum absolute atomic E-state index is 12.8. The lowest BCUT2D eigenvalue weighted by atomic mass is 10.00. The van der Waals surface area contributed by atoms with Crippen molar-refractivity contribution in [3.05, 3.63) is 70.5 Å². The predicted octanol–water partition coefficient (Wildman–Crippen LogP) is 3.28. The van der Waals surface area contributed by atoms with E-state index in [4.69, 9.17) is 0 Å². The van der Waals surface area contributed by atoms with Crippen molar-refractivity contribution >= 4 is 9.84 Å². The first-order chi connectivity index (χ1) is 14.4. The number of halogens is 3. The maximum Gasteiger partial charge on any atom is 0.501 e. The molecule has 0 bridgehead atoms. The molecule has 3 rings (SSSR count). The second kappa shape index (κ2) is 8.22. The van der Waals surface area contributed by atoms with Crippen LogP contribution >= 0.6 is 0 Å². The minimum absolute atomic E-state index is 0.0273. The number of nitrogens with zero attached hydrogens (tertiary/aromatic N) is 3. The van der Waals surface area contributed by atoms with E-state index in [9.17, 15) is 31.5 Å². The fourth-order valence-electron chi connectivity index (χ4n) is 3.16. The highest BCUT2D eigenvalue weighted by atomic mass is 32.2. The molecule has 0 fully saturated rings. The molecule has 31 heavy (non-hydrogen) atoms. The maximum atomic E-state index is 12.8. The fourth-order valence-corrected chi connectivity index (χ4v) is 3.92. The topological polar surface area (TPSA) is 94.2 Å². The van der Waals surface area contributed by atoms with Crippen molar-refractivity contribution in [2.75, 3.05) is 0 Å². The number of aromatic nitrogens is 3. The van der Waals surface area contributed by atoms with E-state index in [-0.39, 0.29) is 12.2 Å². The highest BCUT2D eigenvalue weighted by Gasteiger charge is 2.46. The lowest BCUT2D eigenvalue weighted by molar-refractivity contribution is -0.0436. The lowest BCUT2D eigenvalue weighted by Crippen LogP contribution is -2.25. The number of sulfone groups is 1. The average molecular weight is 455 g/mol. The molecule has 11 heteroatoms. The van der Waals surface area contributed by atoms with Gasteiger partial charge >= 0.3 is 11.2 Å². The van der Waals surface area contributed by atoms with Crippen molar-refractivity contribution in [2.45, 2.75) is 37.2 Å². The molecule has 1 N–H and O–H groups in total. The Morgan fingerprint density at radius 3 is 2.32 bits per heavy atom. The number of hydrogen-bond acceptors (Lipinski definition) is 5. The molecule has 0 aliphatic heterocycles. The van der Waals surface area contributed by atoms with Crippen LogP contribution in [0.4, 0.5) is 13.2 Å². The van der Waals surface area contributed by atoms with Gasteiger partial charge in [-0.2, -0.15) is 13.2 Å². The summed E-state index contributed by atoms with van der Waals surface area (Å²) in [6.45, 7) is 4.26. The third-order valence-electron chi connectivity index (χ3n) is 4.62. The molecule has 7 nitrogen and oxygen atoms in total. The first kappa shape index (κ1) is 22.6. The molecule has 0 saturated carbocycles. The van der Waals surface area contributed by atoms with Crippen molar-refractivity contribution in [3.8, 4) is 11.6 Å². The molecule has 0 radical (unpaired) electrons. The summed E-state index contributed by atoms with van der Waals surface area (Å²) in [7, 11) is -5.51. The minimum atomic E-state index is -5.51. The summed E-state index contributed by atoms with van der Waals surface area (Å²) >= 11 is 0. The zero-order valence-electron chi connectivity index (χ0n) is 16.7. The van der Waals surface area contributed by atoms with Crippen LogP contribution in [0.15, 0.2) is 58.6 Å². The molecule has 0 atom stereocenters. The van der Waals surface area contributed by atoms with E-state index in [1.807, 2.05) is 13.8 Å². The van der Waals surface area contributed by atoms with Crippen LogP contribution in [0.2, 0.25) is 0 Å². The van der Waals surface area contributed by atoms with Crippen molar-refractivity contribution in [1.82, 2.24) is 14.1 Å². The minimum Gasteiger partial charge on any atom is -0.493 e. The van der Waals surface area contributed by atoms with Gasteiger partial charge in [-0.3, -0.25) is 9.55 Å². The second-order valence-electron chi connectivity index (χ2n) is 7.42. The number of hydrogen-bond donors (Lipinski definition) is 1. The predicted molar refractivity (Wildman–Crippen MR) is 107 cm³/mol. The lowest BCUT2D eigenvalue weighted by Gasteiger charge is -2.11. The van der Waals surface area contributed by atoms with E-state index in [1.54, 1.807) is 18.5 Å². The van der Waals surface area contributed by atoms with E-state index in [0.29, 0.717) is 5.92 Å². The normalized spacial score (nSPS) is 12.5. The van der Waals surface area contributed by atoms with Gasteiger partial charge in [-0.1, -0.05) is 13.8 Å². The number of rotatable bonds is 6. The van der Waals surface area contributed by atoms with Crippen LogP contribution in [0.5, 0.6) is 5.88 Å². The van der Waals surface area contributed by atoms with Crippen molar-refractivity contribution in [3.63, 3.8) is 0 Å². The molecule has 1 aromatic carbocycles. The highest BCUT2D eigenvalue weighted by Crippen LogP contribution is 2.30. The largest absolute Gasteiger partial charge is 0.501 e. The number of imidazole rings is 1. The van der Waals surface area contributed by atoms with Gasteiger partial charge in [0.2, 0.25) is 5.88 Å². The monoisotopic (exact) mass is 455 g/mol. The van der Waals surface area contributed by atoms with Gasteiger partial charge in [0, 0.05) is 12.4 Å². The van der Waals surface area contributed by atoms with E-state index in [1.165, 1.54) is 10.8 Å². The van der Waals surface area contributed by atoms with Gasteiger partial charge in [0.1, 0.15) is 0 Å². The molecule has 2 aromatic heterocycles. The zero-order chi connectivity index (χ0) is 23.0. The van der Waals surface area contributed by atoms with Crippen LogP contribution in [0, 0.1) is 5.92 Å². The first-order valence-corrected chi connectivity index (χ1v) is 10.7. The molecule has 3 aromatic rings. The highest BCUT2D eigenvalue weighted by molar-refractivity contribution is 7.92. The van der Waals surface area contributed by atoms with Crippen LogP contribution in [0.25, 0.3) is 5.69 Å². The van der Waals surface area contributed by atoms with Crippen LogP contribution in [0.1, 0.15) is 25.0 Å². The fraction of sp³-hybridized carbons (Fsp3) is 0.300. The van der Waals surface area contributed by atoms with Gasteiger partial charge in [0.25, 0.3) is 9.84 Å². The number of alkyl halides is 3. The SMILES string of the molecule is CC(C)Cc1cnccc1Cn1cc(O)n(-c2ccc(S(=O)(=O)C(F)(F)F)cc2)c1=O. The quantitative estimate of drug-likeness (QED) is 0.616. The molecule has 2 heterocycles. The third-order valence-corrected chi connectivity index (χ3v) is 6.12. The molecule has 0 aliphatic rings. The van der Waals surface area contributed by atoms with Gasteiger partial charge in [0.05, 0.1) is 23.3 Å². The van der Waals surface area contributed by atoms with Crippen LogP contribution in [-0.2, 0) is 22.8 Å². The molecule has 0 amide bonds. The van der Waals surface area contributed by atoms with Gasteiger partial charge < -0.3 is 5.11 Å². The summed E-state index contributed by atoms with van der Waals surface area (Å²) in [6, 6.07) is 5.31. The van der Waals surface area contributed by atoms with E-state index in [0.717, 1.165) is 46.4 Å². The number of benzene rings is 1. The Kier molecular flexibility index (Phi) is 5.99. The molecule has 0 aliphatic carbocycles. The Morgan fingerprint density at radius 2 is 1.74 bits per heavy atom. The summed E-state index contributed by atoms with van der Waals surface area (Å²) in [5, 5.41) is 10.2. The number of aromatic hydroxyl groups is 1. The van der Waals surface area contributed by atoms with Crippen LogP contribution in [0.3, 0.4) is 0 Å². The first-order valence-electron chi connectivity index (χ1n) is 9.26. The summed E-state index contributed by atoms with van der Waals surface area (Å²) < 4.78 is 63.2. The molecule has 0 spiro atoms. The van der Waals surface area contributed by atoms with Crippen molar-refractivity contribution in [2.24, 2.45) is 5.92 Å². The van der Waals surface area contributed by atoms with Crippen molar-refractivity contribution < 1.29 is 26.7 Å². The van der Waals surface area contributed by atoms with Crippen molar-refractivity contribution in [1.29, 1.82) is 0 Å². The Morgan fingerprint density at radius 1 is 1.10 bits per heavy atom. The zero-order valence-corrected chi connectivity index (χ0v) is 17.5. The summed E-state index contributed by atoms with van der Waals surface area (Å²) in [5.74, 6) is -0.0694. The van der Waals surface area contributed by atoms with E-state index >= 15 is 0 Å². The molecule has 166 valence electrons. The summed E-state index contributed by atoms with van der Waals surface area (Å²) in [5.41, 5.74) is -4.24. The van der Waals surface area contributed by atoms with Gasteiger partial charge in [-0.15, -0.1) is 0 Å².